The van der Waals surface area contributed by atoms with E-state index in [9.17, 15) is 23.2 Å². The second-order valence-corrected chi connectivity index (χ2v) is 6.28. The van der Waals surface area contributed by atoms with Crippen LogP contribution in [0.25, 0.3) is 0 Å². The normalized spacial score (nSPS) is 10.5. The zero-order chi connectivity index (χ0) is 21.4. The molecule has 0 spiro atoms. The molecule has 0 aliphatic rings. The first kappa shape index (κ1) is 22.0. The number of rotatable bonds is 8. The van der Waals surface area contributed by atoms with Crippen LogP contribution in [-0.2, 0) is 14.4 Å². The molecule has 0 bridgehead atoms. The Morgan fingerprint density at radius 3 is 1.97 bits per heavy atom. The van der Waals surface area contributed by atoms with Crippen LogP contribution in [0.4, 0.5) is 25.8 Å². The molecule has 0 saturated heterocycles. The molecular weight excluding hydrogens is 382 g/mol. The summed E-state index contributed by atoms with van der Waals surface area (Å²) in [6.07, 6.45) is 0. The average molecular weight is 404 g/mol. The zero-order valence-corrected chi connectivity index (χ0v) is 16.1. The third-order valence-corrected chi connectivity index (χ3v) is 3.87. The van der Waals surface area contributed by atoms with Gasteiger partial charge in [-0.25, -0.2) is 8.78 Å². The summed E-state index contributed by atoms with van der Waals surface area (Å²) in [6.45, 7) is 3.33. The van der Waals surface area contributed by atoms with Crippen molar-refractivity contribution < 1.29 is 23.2 Å². The van der Waals surface area contributed by atoms with Crippen LogP contribution in [0, 0.1) is 11.6 Å². The van der Waals surface area contributed by atoms with Crippen LogP contribution in [0.5, 0.6) is 0 Å². The molecule has 0 heterocycles. The first-order chi connectivity index (χ1) is 13.8. The van der Waals surface area contributed by atoms with Gasteiger partial charge in [0.25, 0.3) is 0 Å². The van der Waals surface area contributed by atoms with Crippen LogP contribution in [-0.4, -0.2) is 42.3 Å². The van der Waals surface area contributed by atoms with Gasteiger partial charge in [0.05, 0.1) is 18.8 Å². The Morgan fingerprint density at radius 1 is 0.862 bits per heavy atom. The van der Waals surface area contributed by atoms with Crippen molar-refractivity contribution in [2.24, 2.45) is 0 Å². The van der Waals surface area contributed by atoms with Crippen LogP contribution in [0.1, 0.15) is 13.8 Å². The van der Waals surface area contributed by atoms with E-state index >= 15 is 0 Å². The summed E-state index contributed by atoms with van der Waals surface area (Å²) in [4.78, 5) is 36.9. The number of amides is 3. The molecule has 0 atom stereocenters. The van der Waals surface area contributed by atoms with Crippen molar-refractivity contribution in [2.75, 3.05) is 35.6 Å². The number of halogens is 2. The quantitative estimate of drug-likeness (QED) is 0.631. The summed E-state index contributed by atoms with van der Waals surface area (Å²) in [7, 11) is 0. The second kappa shape index (κ2) is 10.3. The number of hydrogen-bond donors (Lipinski definition) is 3. The molecule has 0 aliphatic heterocycles. The maximum Gasteiger partial charge on any atom is 0.238 e. The number of nitrogens with one attached hydrogen (secondary N) is 3. The summed E-state index contributed by atoms with van der Waals surface area (Å²) in [6, 6.07) is 9.34. The molecular formula is C20H22F2N4O3. The molecule has 7 nitrogen and oxygen atoms in total. The lowest BCUT2D eigenvalue weighted by Gasteiger charge is -2.19. The fourth-order valence-electron chi connectivity index (χ4n) is 2.51. The summed E-state index contributed by atoms with van der Waals surface area (Å²) < 4.78 is 26.8. The molecule has 29 heavy (non-hydrogen) atoms. The van der Waals surface area contributed by atoms with E-state index in [1.807, 2.05) is 0 Å². The molecule has 0 saturated carbocycles. The number of carbonyl (C=O) groups excluding carboxylic acids is 3. The van der Waals surface area contributed by atoms with Gasteiger partial charge in [0.2, 0.25) is 17.7 Å². The van der Waals surface area contributed by atoms with Gasteiger partial charge >= 0.3 is 0 Å². The number of carbonyl (C=O) groups is 3. The van der Waals surface area contributed by atoms with E-state index in [2.05, 4.69) is 16.0 Å². The fourth-order valence-corrected chi connectivity index (χ4v) is 2.51. The van der Waals surface area contributed by atoms with Crippen LogP contribution in [0.3, 0.4) is 0 Å². The lowest BCUT2D eigenvalue weighted by Crippen LogP contribution is -2.38. The highest BCUT2D eigenvalue weighted by Gasteiger charge is 2.15. The van der Waals surface area contributed by atoms with Crippen molar-refractivity contribution in [3.63, 3.8) is 0 Å². The molecule has 0 fully saturated rings. The minimum Gasteiger partial charge on any atom is -0.326 e. The lowest BCUT2D eigenvalue weighted by molar-refractivity contribution is -0.120. The molecule has 9 heteroatoms. The van der Waals surface area contributed by atoms with E-state index in [-0.39, 0.29) is 30.6 Å². The Balaban J connectivity index is 1.88. The maximum atomic E-state index is 13.6. The monoisotopic (exact) mass is 404 g/mol. The zero-order valence-electron chi connectivity index (χ0n) is 16.1. The molecule has 3 amide bonds. The van der Waals surface area contributed by atoms with E-state index in [0.717, 1.165) is 18.2 Å². The maximum absolute atomic E-state index is 13.6. The topological polar surface area (TPSA) is 90.5 Å². The molecule has 0 unspecified atom stereocenters. The molecule has 0 aliphatic carbocycles. The van der Waals surface area contributed by atoms with Crippen molar-refractivity contribution in [1.82, 2.24) is 4.90 Å². The minimum atomic E-state index is -0.747. The lowest BCUT2D eigenvalue weighted by atomic mass is 10.2. The van der Waals surface area contributed by atoms with Gasteiger partial charge in [-0.2, -0.15) is 0 Å². The Kier molecular flexibility index (Phi) is 7.79. The number of nitrogens with zero attached hydrogens (tertiary/aromatic N) is 1. The number of hydrogen-bond acceptors (Lipinski definition) is 4. The van der Waals surface area contributed by atoms with Crippen molar-refractivity contribution in [2.45, 2.75) is 13.8 Å². The number of benzene rings is 2. The first-order valence-corrected chi connectivity index (χ1v) is 8.91. The molecule has 154 valence electrons. The molecule has 2 aromatic rings. The largest absolute Gasteiger partial charge is 0.326 e. The second-order valence-electron chi connectivity index (χ2n) is 6.28. The number of likely N-dealkylation sites (N-methyl/N-ethyl adjacent to an activating group) is 1. The third kappa shape index (κ3) is 7.30. The van der Waals surface area contributed by atoms with Crippen LogP contribution in [0.15, 0.2) is 42.5 Å². The predicted octanol–water partition coefficient (Wildman–Crippen LogP) is 2.82. The first-order valence-electron chi connectivity index (χ1n) is 8.91. The van der Waals surface area contributed by atoms with E-state index < -0.39 is 17.5 Å². The van der Waals surface area contributed by atoms with Gasteiger partial charge < -0.3 is 16.0 Å². The summed E-state index contributed by atoms with van der Waals surface area (Å²) in [5, 5.41) is 7.61. The Hall–Kier alpha value is -3.33. The van der Waals surface area contributed by atoms with E-state index in [1.165, 1.54) is 6.92 Å². The molecule has 0 radical (unpaired) electrons. The van der Waals surface area contributed by atoms with Gasteiger partial charge in [-0.15, -0.1) is 0 Å². The van der Waals surface area contributed by atoms with Gasteiger partial charge in [0.15, 0.2) is 0 Å². The Bertz CT molecular complexity index is 888. The van der Waals surface area contributed by atoms with Gasteiger partial charge in [-0.05, 0) is 42.9 Å². The third-order valence-electron chi connectivity index (χ3n) is 3.87. The summed E-state index contributed by atoms with van der Waals surface area (Å²) >= 11 is 0. The highest BCUT2D eigenvalue weighted by molar-refractivity contribution is 5.95. The predicted molar refractivity (Wildman–Crippen MR) is 106 cm³/mol. The van der Waals surface area contributed by atoms with Crippen molar-refractivity contribution in [3.05, 3.63) is 54.1 Å². The summed E-state index contributed by atoms with van der Waals surface area (Å²) in [5.41, 5.74) is 0.883. The van der Waals surface area contributed by atoms with Crippen molar-refractivity contribution in [1.29, 1.82) is 0 Å². The smallest absolute Gasteiger partial charge is 0.238 e. The highest BCUT2D eigenvalue weighted by atomic mass is 19.1. The highest BCUT2D eigenvalue weighted by Crippen LogP contribution is 2.15. The van der Waals surface area contributed by atoms with Crippen molar-refractivity contribution >= 4 is 34.8 Å². The van der Waals surface area contributed by atoms with Gasteiger partial charge in [0, 0.05) is 24.4 Å². The Morgan fingerprint density at radius 2 is 1.41 bits per heavy atom. The van der Waals surface area contributed by atoms with E-state index in [1.54, 1.807) is 36.1 Å². The Labute approximate surface area is 167 Å². The summed E-state index contributed by atoms with van der Waals surface area (Å²) in [5.74, 6) is -2.52. The number of anilines is 3. The van der Waals surface area contributed by atoms with E-state index in [0.29, 0.717) is 17.9 Å². The molecule has 3 N–H and O–H groups in total. The molecule has 2 aromatic carbocycles. The standard InChI is InChI=1S/C20H22F2N4O3/c1-3-26(12-20(29)25-18-10-14(21)4-9-17(18)22)11-19(28)24-16-7-5-15(6-8-16)23-13(2)27/h4-10H,3,11-12H2,1-2H3,(H,23,27)(H,24,28)(H,25,29). The van der Waals surface area contributed by atoms with Gasteiger partial charge in [0.1, 0.15) is 11.6 Å². The van der Waals surface area contributed by atoms with E-state index in [4.69, 9.17) is 0 Å². The fraction of sp³-hybridized carbons (Fsp3) is 0.250. The van der Waals surface area contributed by atoms with Crippen LogP contribution in [0.2, 0.25) is 0 Å². The molecule has 2 rings (SSSR count). The van der Waals surface area contributed by atoms with Gasteiger partial charge in [-0.1, -0.05) is 6.92 Å². The van der Waals surface area contributed by atoms with Crippen LogP contribution >= 0.6 is 0 Å². The van der Waals surface area contributed by atoms with Crippen molar-refractivity contribution in [3.8, 4) is 0 Å². The average Bonchev–Trinajstić information content (AvgIpc) is 2.65. The van der Waals surface area contributed by atoms with Gasteiger partial charge in [-0.3, -0.25) is 19.3 Å². The van der Waals surface area contributed by atoms with Crippen LogP contribution < -0.4 is 16.0 Å². The minimum absolute atomic E-state index is 0.0665. The molecule has 0 aromatic heterocycles. The SMILES string of the molecule is CCN(CC(=O)Nc1ccc(NC(C)=O)cc1)CC(=O)Nc1cc(F)ccc1F.